The van der Waals surface area contributed by atoms with Crippen molar-refractivity contribution in [3.63, 3.8) is 0 Å². The van der Waals surface area contributed by atoms with Gasteiger partial charge in [-0.05, 0) is 65.2 Å². The largest absolute Gasteiger partial charge is 0.492 e. The van der Waals surface area contributed by atoms with Gasteiger partial charge in [0, 0.05) is 6.20 Å². The first kappa shape index (κ1) is 13.8. The van der Waals surface area contributed by atoms with Crippen molar-refractivity contribution in [2.75, 3.05) is 13.7 Å². The van der Waals surface area contributed by atoms with E-state index in [9.17, 15) is 0 Å². The van der Waals surface area contributed by atoms with Crippen LogP contribution >= 0.6 is 33.9 Å². The first-order valence-electron chi connectivity index (χ1n) is 5.73. The summed E-state index contributed by atoms with van der Waals surface area (Å²) < 4.78 is 6.78. The van der Waals surface area contributed by atoms with Crippen LogP contribution in [0.15, 0.2) is 29.9 Å². The molecule has 0 aliphatic carbocycles. The Bertz CT molecular complexity index is 515. The van der Waals surface area contributed by atoms with Crippen LogP contribution in [0.1, 0.15) is 24.1 Å². The Kier molecular flexibility index (Phi) is 4.96. The van der Waals surface area contributed by atoms with Gasteiger partial charge in [0.1, 0.15) is 5.75 Å². The van der Waals surface area contributed by atoms with Gasteiger partial charge < -0.3 is 10.1 Å². The Morgan fingerprint density at radius 3 is 2.83 bits per heavy atom. The summed E-state index contributed by atoms with van der Waals surface area (Å²) in [5, 5.41) is 5.50. The number of nitrogens with zero attached hydrogens (tertiary/aromatic N) is 1. The number of hydrogen-bond acceptors (Lipinski definition) is 4. The molecule has 0 spiro atoms. The number of thiophene rings is 1. The van der Waals surface area contributed by atoms with Gasteiger partial charge in [0.15, 0.2) is 0 Å². The summed E-state index contributed by atoms with van der Waals surface area (Å²) in [7, 11) is 1.96. The van der Waals surface area contributed by atoms with Gasteiger partial charge in [0.05, 0.1) is 21.7 Å². The highest BCUT2D eigenvalue weighted by atomic mass is 127. The topological polar surface area (TPSA) is 34.1 Å². The lowest BCUT2D eigenvalue weighted by molar-refractivity contribution is 0.338. The van der Waals surface area contributed by atoms with Crippen LogP contribution in [0.3, 0.4) is 0 Å². The van der Waals surface area contributed by atoms with Crippen molar-refractivity contribution in [3.05, 3.63) is 43.9 Å². The Morgan fingerprint density at radius 2 is 2.22 bits per heavy atom. The fraction of sp³-hybridized carbons (Fsp3) is 0.308. The number of rotatable bonds is 5. The number of pyridine rings is 1. The number of ether oxygens (including phenoxy) is 1. The highest BCUT2D eigenvalue weighted by Gasteiger charge is 2.14. The van der Waals surface area contributed by atoms with Crippen molar-refractivity contribution >= 4 is 33.9 Å². The monoisotopic (exact) mass is 374 g/mol. The van der Waals surface area contributed by atoms with E-state index < -0.39 is 0 Å². The summed E-state index contributed by atoms with van der Waals surface area (Å²) in [6, 6.07) is 4.40. The zero-order chi connectivity index (χ0) is 13.0. The van der Waals surface area contributed by atoms with Crippen LogP contribution in [-0.4, -0.2) is 18.6 Å². The van der Waals surface area contributed by atoms with Crippen molar-refractivity contribution in [2.24, 2.45) is 0 Å². The molecular weight excluding hydrogens is 359 g/mol. The van der Waals surface area contributed by atoms with Crippen molar-refractivity contribution in [2.45, 2.75) is 13.0 Å². The molecule has 2 aromatic rings. The van der Waals surface area contributed by atoms with Crippen molar-refractivity contribution in [1.82, 2.24) is 10.3 Å². The summed E-state index contributed by atoms with van der Waals surface area (Å²) in [5.41, 5.74) is 2.39. The highest BCUT2D eigenvalue weighted by Crippen LogP contribution is 2.28. The molecule has 96 valence electrons. The fourth-order valence-corrected chi connectivity index (χ4v) is 3.24. The quantitative estimate of drug-likeness (QED) is 0.815. The molecule has 0 bridgehead atoms. The second-order valence-corrected chi connectivity index (χ2v) is 6.60. The third-order valence-corrected chi connectivity index (χ3v) is 4.40. The Balaban J connectivity index is 2.29. The number of hydrogen-bond donors (Lipinski definition) is 1. The smallest absolute Gasteiger partial charge is 0.137 e. The summed E-state index contributed by atoms with van der Waals surface area (Å²) in [6.07, 6.45) is 3.63. The summed E-state index contributed by atoms with van der Waals surface area (Å²) >= 11 is 4.09. The fourth-order valence-electron chi connectivity index (χ4n) is 1.84. The van der Waals surface area contributed by atoms with E-state index in [0.717, 1.165) is 11.3 Å². The third kappa shape index (κ3) is 3.21. The van der Waals surface area contributed by atoms with Crippen LogP contribution in [-0.2, 0) is 0 Å². The number of nitrogens with one attached hydrogen (secondary N) is 1. The maximum absolute atomic E-state index is 5.49. The first-order valence-corrected chi connectivity index (χ1v) is 7.69. The Morgan fingerprint density at radius 1 is 1.39 bits per heavy atom. The lowest BCUT2D eigenvalue weighted by Gasteiger charge is -2.16. The van der Waals surface area contributed by atoms with E-state index in [2.05, 4.69) is 44.3 Å². The molecule has 1 atom stereocenters. The van der Waals surface area contributed by atoms with Gasteiger partial charge in [-0.15, -0.1) is 11.3 Å². The zero-order valence-electron chi connectivity index (χ0n) is 10.3. The standard InChI is InChI=1S/C13H15IN2OS/c1-3-17-11-4-9(6-16-7-11)13(15-2)10-5-12(14)18-8-10/h4-8,13,15H,3H2,1-2H3. The molecular formula is C13H15IN2OS. The van der Waals surface area contributed by atoms with Gasteiger partial charge in [0.25, 0.3) is 0 Å². The van der Waals surface area contributed by atoms with Crippen LogP contribution in [0.4, 0.5) is 0 Å². The van der Waals surface area contributed by atoms with Gasteiger partial charge in [-0.2, -0.15) is 0 Å². The van der Waals surface area contributed by atoms with Crippen molar-refractivity contribution in [1.29, 1.82) is 0 Å². The average Bonchev–Trinajstić information content (AvgIpc) is 2.78. The molecule has 0 saturated heterocycles. The second kappa shape index (κ2) is 6.49. The van der Waals surface area contributed by atoms with E-state index in [1.807, 2.05) is 26.2 Å². The minimum atomic E-state index is 0.165. The summed E-state index contributed by atoms with van der Waals surface area (Å²) in [6.45, 7) is 2.63. The maximum Gasteiger partial charge on any atom is 0.137 e. The number of halogens is 1. The predicted molar refractivity (Wildman–Crippen MR) is 83.3 cm³/mol. The molecule has 1 unspecified atom stereocenters. The molecule has 18 heavy (non-hydrogen) atoms. The molecule has 2 aromatic heterocycles. The third-order valence-electron chi connectivity index (χ3n) is 2.59. The molecule has 2 heterocycles. The molecule has 0 aromatic carbocycles. The summed E-state index contributed by atoms with van der Waals surface area (Å²) in [4.78, 5) is 4.24. The van der Waals surface area contributed by atoms with E-state index in [-0.39, 0.29) is 6.04 Å². The van der Waals surface area contributed by atoms with Crippen LogP contribution < -0.4 is 10.1 Å². The Labute approximate surface area is 125 Å². The molecule has 0 fully saturated rings. The molecule has 5 heteroatoms. The number of aromatic nitrogens is 1. The molecule has 0 amide bonds. The lowest BCUT2D eigenvalue weighted by Crippen LogP contribution is -2.17. The van der Waals surface area contributed by atoms with Gasteiger partial charge >= 0.3 is 0 Å². The van der Waals surface area contributed by atoms with E-state index in [1.165, 1.54) is 8.45 Å². The highest BCUT2D eigenvalue weighted by molar-refractivity contribution is 14.1. The average molecular weight is 374 g/mol. The van der Waals surface area contributed by atoms with Gasteiger partial charge in [-0.3, -0.25) is 4.98 Å². The van der Waals surface area contributed by atoms with E-state index in [4.69, 9.17) is 4.74 Å². The molecule has 2 rings (SSSR count). The molecule has 3 nitrogen and oxygen atoms in total. The van der Waals surface area contributed by atoms with Crippen molar-refractivity contribution in [3.8, 4) is 5.75 Å². The van der Waals surface area contributed by atoms with Crippen LogP contribution in [0.5, 0.6) is 5.75 Å². The van der Waals surface area contributed by atoms with Crippen molar-refractivity contribution < 1.29 is 4.74 Å². The predicted octanol–water partition coefficient (Wildman–Crippen LogP) is 3.46. The normalized spacial score (nSPS) is 12.4. The Hall–Kier alpha value is -0.660. The minimum Gasteiger partial charge on any atom is -0.492 e. The van der Waals surface area contributed by atoms with Gasteiger partial charge in [0.2, 0.25) is 0 Å². The summed E-state index contributed by atoms with van der Waals surface area (Å²) in [5.74, 6) is 0.820. The van der Waals surface area contributed by atoms with Crippen LogP contribution in [0.2, 0.25) is 0 Å². The lowest BCUT2D eigenvalue weighted by atomic mass is 10.0. The molecule has 0 radical (unpaired) electrons. The zero-order valence-corrected chi connectivity index (χ0v) is 13.3. The second-order valence-electron chi connectivity index (χ2n) is 3.79. The molecule has 0 saturated carbocycles. The minimum absolute atomic E-state index is 0.165. The first-order chi connectivity index (χ1) is 8.74. The van der Waals surface area contributed by atoms with E-state index >= 15 is 0 Å². The van der Waals surface area contributed by atoms with E-state index in [1.54, 1.807) is 17.5 Å². The van der Waals surface area contributed by atoms with Crippen LogP contribution in [0, 0.1) is 2.88 Å². The van der Waals surface area contributed by atoms with Gasteiger partial charge in [-0.25, -0.2) is 0 Å². The van der Waals surface area contributed by atoms with Crippen LogP contribution in [0.25, 0.3) is 0 Å². The van der Waals surface area contributed by atoms with E-state index in [0.29, 0.717) is 6.61 Å². The molecule has 1 N–H and O–H groups in total. The SMILES string of the molecule is CCOc1cncc(C(NC)c2csc(I)c2)c1. The molecule has 0 aliphatic rings. The van der Waals surface area contributed by atoms with Gasteiger partial charge in [-0.1, -0.05) is 0 Å². The molecule has 0 aliphatic heterocycles. The maximum atomic E-state index is 5.49.